The predicted octanol–water partition coefficient (Wildman–Crippen LogP) is -1.27. The second kappa shape index (κ2) is 13.2. The summed E-state index contributed by atoms with van der Waals surface area (Å²) in [4.78, 5) is 46.7. The van der Waals surface area contributed by atoms with Gasteiger partial charge in [0.15, 0.2) is 17.9 Å². The van der Waals surface area contributed by atoms with E-state index in [1.807, 2.05) is 28.8 Å². The summed E-state index contributed by atoms with van der Waals surface area (Å²) < 4.78 is 46.5. The van der Waals surface area contributed by atoms with E-state index in [0.29, 0.717) is 23.9 Å². The van der Waals surface area contributed by atoms with Gasteiger partial charge in [-0.2, -0.15) is 14.0 Å². The Labute approximate surface area is 260 Å². The first kappa shape index (κ1) is 33.3. The predicted molar refractivity (Wildman–Crippen MR) is 155 cm³/mol. The Morgan fingerprint density at radius 1 is 1.29 bits per heavy atom. The molecule has 1 fully saturated rings. The SMILES string of the molecule is C[n+]1cc(-c2ccc(OC[C@H](O/N=C(\C(=O)NC3C(=O)N(OS(=O)(=O)[O-])C3(C)C)c3csc(N)n3)C(=O)O)cc2)cn1CCN. The van der Waals surface area contributed by atoms with Crippen molar-refractivity contribution in [3.05, 3.63) is 47.7 Å². The third-order valence-electron chi connectivity index (χ3n) is 6.61. The molecule has 18 nitrogen and oxygen atoms in total. The maximum Gasteiger partial charge on any atom is 0.351 e. The number of carboxylic acid groups (broad SMARTS) is 1. The van der Waals surface area contributed by atoms with Crippen LogP contribution in [0.4, 0.5) is 5.13 Å². The largest absolute Gasteiger partial charge is 0.724 e. The van der Waals surface area contributed by atoms with Crippen molar-refractivity contribution in [1.29, 1.82) is 0 Å². The molecular weight excluding hydrogens is 636 g/mol. The molecule has 1 aliphatic heterocycles. The highest BCUT2D eigenvalue weighted by Gasteiger charge is 2.57. The molecule has 3 heterocycles. The van der Waals surface area contributed by atoms with Gasteiger partial charge in [-0.3, -0.25) is 9.59 Å². The number of ether oxygens (including phenoxy) is 1. The Hall–Kier alpha value is -4.63. The number of rotatable bonds is 14. The van der Waals surface area contributed by atoms with Crippen LogP contribution in [0.25, 0.3) is 11.1 Å². The number of amides is 2. The van der Waals surface area contributed by atoms with E-state index in [-0.39, 0.29) is 10.8 Å². The highest BCUT2D eigenvalue weighted by Crippen LogP contribution is 2.33. The molecule has 1 aliphatic rings. The molecule has 0 saturated carbocycles. The summed E-state index contributed by atoms with van der Waals surface area (Å²) in [5.74, 6) is -3.18. The number of benzene rings is 1. The van der Waals surface area contributed by atoms with Crippen LogP contribution in [0.3, 0.4) is 0 Å². The Morgan fingerprint density at radius 3 is 2.53 bits per heavy atom. The summed E-state index contributed by atoms with van der Waals surface area (Å²) >= 11 is 0.952. The summed E-state index contributed by atoms with van der Waals surface area (Å²) in [7, 11) is -3.37. The fraction of sp³-hybridized carbons (Fsp3) is 0.360. The molecule has 45 heavy (non-hydrogen) atoms. The van der Waals surface area contributed by atoms with Crippen molar-refractivity contribution >= 4 is 50.4 Å². The molecule has 2 aromatic heterocycles. The summed E-state index contributed by atoms with van der Waals surface area (Å²) in [5.41, 5.74) is 11.1. The number of anilines is 1. The van der Waals surface area contributed by atoms with Crippen LogP contribution in [-0.2, 0) is 47.5 Å². The van der Waals surface area contributed by atoms with Crippen LogP contribution in [0.2, 0.25) is 0 Å². The van der Waals surface area contributed by atoms with Crippen molar-refractivity contribution in [2.45, 2.75) is 38.1 Å². The Bertz CT molecular complexity index is 1720. The van der Waals surface area contributed by atoms with Crippen molar-refractivity contribution in [1.82, 2.24) is 20.0 Å². The van der Waals surface area contributed by atoms with E-state index in [1.54, 1.807) is 24.3 Å². The first-order valence-corrected chi connectivity index (χ1v) is 15.3. The summed E-state index contributed by atoms with van der Waals surface area (Å²) in [6.45, 7) is 3.30. The highest BCUT2D eigenvalue weighted by atomic mass is 32.3. The number of hydroxylamine groups is 2. The first-order valence-electron chi connectivity index (χ1n) is 13.1. The molecule has 1 unspecified atom stereocenters. The third kappa shape index (κ3) is 7.72. The van der Waals surface area contributed by atoms with E-state index in [9.17, 15) is 32.5 Å². The van der Waals surface area contributed by atoms with Crippen LogP contribution in [0.15, 0.2) is 47.2 Å². The van der Waals surface area contributed by atoms with Gasteiger partial charge in [0, 0.05) is 11.9 Å². The molecule has 1 saturated heterocycles. The number of hydrogen-bond donors (Lipinski definition) is 4. The molecule has 4 rings (SSSR count). The van der Waals surface area contributed by atoms with Gasteiger partial charge < -0.3 is 36.0 Å². The van der Waals surface area contributed by atoms with Gasteiger partial charge in [-0.25, -0.2) is 18.2 Å². The number of aromatic nitrogens is 3. The second-order valence-corrected chi connectivity index (χ2v) is 12.0. The van der Waals surface area contributed by atoms with Crippen LogP contribution >= 0.6 is 11.3 Å². The molecule has 0 radical (unpaired) electrons. The van der Waals surface area contributed by atoms with Gasteiger partial charge in [0.25, 0.3) is 17.9 Å². The minimum Gasteiger partial charge on any atom is -0.724 e. The number of nitrogens with zero attached hydrogens (tertiary/aromatic N) is 5. The lowest BCUT2D eigenvalue weighted by Gasteiger charge is -2.51. The maximum atomic E-state index is 13.2. The number of carboxylic acids is 1. The van der Waals surface area contributed by atoms with E-state index in [2.05, 4.69) is 19.7 Å². The molecule has 3 aromatic rings. The summed E-state index contributed by atoms with van der Waals surface area (Å²) in [6.07, 6.45) is 2.20. The molecule has 2 amide bonds. The van der Waals surface area contributed by atoms with Crippen LogP contribution in [-0.4, -0.2) is 87.1 Å². The van der Waals surface area contributed by atoms with Crippen molar-refractivity contribution < 1.29 is 51.0 Å². The van der Waals surface area contributed by atoms with Crippen LogP contribution in [0, 0.1) is 0 Å². The standard InChI is InChI=1S/C25H30N8O10S2/c1-25(2)20(22(35)33(25)43-45(38,39)40)29-21(34)19(17-13-44-24(27)28-17)30-42-18(23(36)37)12-41-16-6-4-14(5-7-16)15-10-31(3)32(11-15)9-8-26/h4-7,10-11,13,18,20H,8-9,12,26H2,1-3H3,(H4-,27,28,29,34,36,37,38,39,40)/b30-19-/t18-,20?/m0/s1. The number of aliphatic carboxylic acids is 1. The average molecular weight is 667 g/mol. The number of oxime groups is 1. The lowest BCUT2D eigenvalue weighted by molar-refractivity contribution is -0.753. The van der Waals surface area contributed by atoms with Crippen molar-refractivity contribution in [2.75, 3.05) is 18.9 Å². The average Bonchev–Trinajstić information content (AvgIpc) is 3.56. The number of aryl methyl sites for hydroxylation is 1. The molecule has 1 aromatic carbocycles. The number of carbonyl (C=O) groups excluding carboxylic acids is 2. The van der Waals surface area contributed by atoms with Crippen molar-refractivity contribution in [3.8, 4) is 16.9 Å². The summed E-state index contributed by atoms with van der Waals surface area (Å²) in [5, 5.41) is 17.5. The zero-order chi connectivity index (χ0) is 33.1. The fourth-order valence-corrected chi connectivity index (χ4v) is 5.26. The van der Waals surface area contributed by atoms with Crippen molar-refractivity contribution in [2.24, 2.45) is 17.9 Å². The van der Waals surface area contributed by atoms with Gasteiger partial charge in [-0.1, -0.05) is 17.3 Å². The smallest absolute Gasteiger partial charge is 0.351 e. The molecular formula is C25H30N8O10S2. The lowest BCUT2D eigenvalue weighted by atomic mass is 9.84. The molecule has 0 aliphatic carbocycles. The number of β-lactam (4-membered cyclic amide) rings is 1. The Kier molecular flexibility index (Phi) is 9.73. The quantitative estimate of drug-likeness (QED) is 0.0391. The molecule has 0 bridgehead atoms. The van der Waals surface area contributed by atoms with Crippen LogP contribution in [0.5, 0.6) is 5.75 Å². The number of hydrogen-bond acceptors (Lipinski definition) is 14. The molecule has 2 atom stereocenters. The van der Waals surface area contributed by atoms with Gasteiger partial charge >= 0.3 is 5.97 Å². The first-order chi connectivity index (χ1) is 21.1. The van der Waals surface area contributed by atoms with E-state index in [0.717, 1.165) is 22.5 Å². The van der Waals surface area contributed by atoms with Gasteiger partial charge in [-0.05, 0) is 31.5 Å². The lowest BCUT2D eigenvalue weighted by Crippen LogP contribution is -2.76. The van der Waals surface area contributed by atoms with Gasteiger partial charge in [0.05, 0.1) is 23.8 Å². The zero-order valence-corrected chi connectivity index (χ0v) is 25.8. The zero-order valence-electron chi connectivity index (χ0n) is 24.1. The molecule has 20 heteroatoms. The molecule has 0 spiro atoms. The normalized spacial score (nSPS) is 17.0. The third-order valence-corrected chi connectivity index (χ3v) is 7.62. The van der Waals surface area contributed by atoms with E-state index < -0.39 is 58.2 Å². The minimum atomic E-state index is -5.26. The minimum absolute atomic E-state index is 0.0528. The highest BCUT2D eigenvalue weighted by molar-refractivity contribution is 7.80. The maximum absolute atomic E-state index is 13.2. The second-order valence-electron chi connectivity index (χ2n) is 10.2. The van der Waals surface area contributed by atoms with Crippen LogP contribution < -0.4 is 26.2 Å². The number of carbonyl (C=O) groups is 3. The number of nitrogens with one attached hydrogen (secondary N) is 1. The number of nitrogen functional groups attached to an aromatic ring is 1. The molecule has 242 valence electrons. The van der Waals surface area contributed by atoms with E-state index in [1.165, 1.54) is 19.2 Å². The molecule has 6 N–H and O–H groups in total. The topological polar surface area (TPSA) is 258 Å². The van der Waals surface area contributed by atoms with E-state index >= 15 is 0 Å². The summed E-state index contributed by atoms with van der Waals surface area (Å²) in [6, 6.07) is 5.54. The van der Waals surface area contributed by atoms with Crippen LogP contribution in [0.1, 0.15) is 19.5 Å². The fourth-order valence-electron chi connectivity index (χ4n) is 4.26. The Balaban J connectivity index is 1.45. The monoisotopic (exact) mass is 666 g/mol. The van der Waals surface area contributed by atoms with Crippen molar-refractivity contribution in [3.63, 3.8) is 0 Å². The van der Waals surface area contributed by atoms with Gasteiger partial charge in [0.2, 0.25) is 16.6 Å². The van der Waals surface area contributed by atoms with E-state index in [4.69, 9.17) is 21.0 Å². The number of thiazole rings is 1. The number of nitrogens with two attached hydrogens (primary N) is 2. The Morgan fingerprint density at radius 2 is 1.98 bits per heavy atom. The van der Waals surface area contributed by atoms with Gasteiger partial charge in [-0.15, -0.1) is 16.0 Å². The van der Waals surface area contributed by atoms with Gasteiger partial charge in [0.1, 0.15) is 24.1 Å².